The van der Waals surface area contributed by atoms with Crippen LogP contribution in [0.1, 0.15) is 58.4 Å². The van der Waals surface area contributed by atoms with Crippen molar-refractivity contribution < 1.29 is 0 Å². The molecule has 0 saturated heterocycles. The van der Waals surface area contributed by atoms with E-state index in [-0.39, 0.29) is 11.8 Å². The van der Waals surface area contributed by atoms with E-state index in [9.17, 15) is 10.5 Å². The van der Waals surface area contributed by atoms with Crippen molar-refractivity contribution >= 4 is 0 Å². The molecule has 38 heavy (non-hydrogen) atoms. The lowest BCUT2D eigenvalue weighted by Gasteiger charge is -2.31. The molecule has 3 aromatic rings. The van der Waals surface area contributed by atoms with Gasteiger partial charge in [0.05, 0.1) is 23.0 Å². The lowest BCUT2D eigenvalue weighted by molar-refractivity contribution is 0.420. The second-order valence-electron chi connectivity index (χ2n) is 10.4. The molecule has 0 saturated carbocycles. The molecule has 0 aliphatic heterocycles. The fraction of sp³-hybridized carbons (Fsp3) is 0.353. The standard InChI is InChI=1S/C34H34N4/c1-23(19-29-15-11-9-12-16-29)33(21-35,37-7)31-25(3)27(5)32(28(6)26(31)4)34(22-36,38-8)24(2)20-30-17-13-10-14-18-30/h9-18,23-24H,19-20H2,1-6H3. The number of hydrogen-bond acceptors (Lipinski definition) is 2. The highest BCUT2D eigenvalue weighted by Crippen LogP contribution is 2.47. The number of benzene rings is 3. The zero-order valence-corrected chi connectivity index (χ0v) is 23.1. The summed E-state index contributed by atoms with van der Waals surface area (Å²) in [5.41, 5.74) is 4.07. The molecule has 0 fully saturated rings. The Labute approximate surface area is 227 Å². The zero-order valence-electron chi connectivity index (χ0n) is 23.1. The third-order valence-corrected chi connectivity index (χ3v) is 8.28. The van der Waals surface area contributed by atoms with Crippen molar-refractivity contribution in [3.05, 3.63) is 128 Å². The van der Waals surface area contributed by atoms with E-state index in [2.05, 4.69) is 21.8 Å². The molecular weight excluding hydrogens is 464 g/mol. The van der Waals surface area contributed by atoms with Crippen LogP contribution < -0.4 is 0 Å². The van der Waals surface area contributed by atoms with Gasteiger partial charge in [-0.2, -0.15) is 10.5 Å². The van der Waals surface area contributed by atoms with Crippen LogP contribution in [0, 0.1) is 75.3 Å². The molecule has 0 spiro atoms. The van der Waals surface area contributed by atoms with Crippen molar-refractivity contribution in [3.63, 3.8) is 0 Å². The second kappa shape index (κ2) is 11.3. The first kappa shape index (κ1) is 28.2. The van der Waals surface area contributed by atoms with Crippen LogP contribution in [0.25, 0.3) is 9.69 Å². The lowest BCUT2D eigenvalue weighted by Crippen LogP contribution is -2.36. The normalized spacial score (nSPS) is 15.4. The van der Waals surface area contributed by atoms with Gasteiger partial charge >= 0.3 is 11.1 Å². The minimum atomic E-state index is -1.39. The maximum absolute atomic E-state index is 10.5. The highest BCUT2D eigenvalue weighted by atomic mass is 14.8. The quantitative estimate of drug-likeness (QED) is 0.296. The van der Waals surface area contributed by atoms with E-state index < -0.39 is 11.1 Å². The van der Waals surface area contributed by atoms with Crippen LogP contribution in [0.2, 0.25) is 0 Å². The van der Waals surface area contributed by atoms with Gasteiger partial charge in [0.2, 0.25) is 0 Å². The van der Waals surface area contributed by atoms with Crippen LogP contribution in [-0.2, 0) is 23.9 Å². The molecule has 0 aliphatic carbocycles. The molecule has 4 heteroatoms. The predicted molar refractivity (Wildman–Crippen MR) is 152 cm³/mol. The first-order chi connectivity index (χ1) is 18.1. The Kier molecular flexibility index (Phi) is 8.42. The molecule has 190 valence electrons. The van der Waals surface area contributed by atoms with E-state index in [4.69, 9.17) is 13.1 Å². The lowest BCUT2D eigenvalue weighted by atomic mass is 9.68. The number of nitriles is 2. The van der Waals surface area contributed by atoms with Gasteiger partial charge in [0.15, 0.2) is 12.1 Å². The topological polar surface area (TPSA) is 56.3 Å². The summed E-state index contributed by atoms with van der Waals surface area (Å²) in [6, 6.07) is 24.7. The van der Waals surface area contributed by atoms with E-state index in [1.165, 1.54) is 0 Å². The van der Waals surface area contributed by atoms with Gasteiger partial charge in [-0.1, -0.05) is 74.5 Å². The summed E-state index contributed by atoms with van der Waals surface area (Å²) >= 11 is 0. The average molecular weight is 499 g/mol. The Balaban J connectivity index is 2.22. The number of rotatable bonds is 8. The molecule has 3 rings (SSSR count). The van der Waals surface area contributed by atoms with Crippen molar-refractivity contribution in [1.82, 2.24) is 0 Å². The first-order valence-electron chi connectivity index (χ1n) is 12.9. The monoisotopic (exact) mass is 498 g/mol. The van der Waals surface area contributed by atoms with E-state index in [1.807, 2.05) is 102 Å². The van der Waals surface area contributed by atoms with Crippen LogP contribution in [0.5, 0.6) is 0 Å². The van der Waals surface area contributed by atoms with E-state index in [0.29, 0.717) is 24.0 Å². The Hall–Kier alpha value is -4.38. The van der Waals surface area contributed by atoms with Crippen molar-refractivity contribution in [2.45, 2.75) is 65.5 Å². The summed E-state index contributed by atoms with van der Waals surface area (Å²) < 4.78 is 0. The predicted octanol–water partition coefficient (Wildman–Crippen LogP) is 7.95. The van der Waals surface area contributed by atoms with E-state index in [0.717, 1.165) is 33.4 Å². The summed E-state index contributed by atoms with van der Waals surface area (Å²) in [6.07, 6.45) is 1.18. The smallest absolute Gasteiger partial charge is 0.288 e. The maximum Gasteiger partial charge on any atom is 0.344 e. The molecule has 0 aromatic heterocycles. The van der Waals surface area contributed by atoms with Crippen LogP contribution in [0.4, 0.5) is 0 Å². The summed E-state index contributed by atoms with van der Waals surface area (Å²) in [5.74, 6) is -0.541. The fourth-order valence-corrected chi connectivity index (χ4v) is 5.89. The Morgan fingerprint density at radius 2 is 0.921 bits per heavy atom. The zero-order chi connectivity index (χ0) is 28.1. The van der Waals surface area contributed by atoms with Crippen LogP contribution in [-0.4, -0.2) is 0 Å². The van der Waals surface area contributed by atoms with Gasteiger partial charge in [0, 0.05) is 0 Å². The molecule has 0 aliphatic rings. The minimum Gasteiger partial charge on any atom is -0.288 e. The van der Waals surface area contributed by atoms with Gasteiger partial charge in [-0.15, -0.1) is 0 Å². The van der Waals surface area contributed by atoms with Crippen LogP contribution in [0.15, 0.2) is 60.7 Å². The molecule has 0 radical (unpaired) electrons. The minimum absolute atomic E-state index is 0.270. The Morgan fingerprint density at radius 3 is 1.16 bits per heavy atom. The Bertz CT molecular complexity index is 1300. The average Bonchev–Trinajstić information content (AvgIpc) is 2.93. The van der Waals surface area contributed by atoms with Gasteiger partial charge in [0.1, 0.15) is 0 Å². The van der Waals surface area contributed by atoms with Gasteiger partial charge < -0.3 is 0 Å². The van der Waals surface area contributed by atoms with Crippen molar-refractivity contribution in [2.24, 2.45) is 11.8 Å². The molecule has 4 unspecified atom stereocenters. The van der Waals surface area contributed by atoms with E-state index >= 15 is 0 Å². The SMILES string of the molecule is [C-]#[N+]C(C#N)(c1c(C)c(C)c(C(C#N)([N+]#[C-])C(C)Cc2ccccc2)c(C)c1C)C(C)Cc1ccccc1. The van der Waals surface area contributed by atoms with Crippen LogP contribution in [0.3, 0.4) is 0 Å². The molecular formula is C34H34N4. The summed E-state index contributed by atoms with van der Waals surface area (Å²) in [5, 5.41) is 21.0. The molecule has 0 N–H and O–H groups in total. The number of nitrogens with zero attached hydrogens (tertiary/aromatic N) is 4. The van der Waals surface area contributed by atoms with Gasteiger partial charge in [0.25, 0.3) is 0 Å². The molecule has 3 aromatic carbocycles. The molecule has 4 atom stereocenters. The summed E-state index contributed by atoms with van der Waals surface area (Å²) in [4.78, 5) is 7.99. The Morgan fingerprint density at radius 1 is 0.632 bits per heavy atom. The molecule has 4 nitrogen and oxygen atoms in total. The third-order valence-electron chi connectivity index (χ3n) is 8.28. The number of hydrogen-bond donors (Lipinski definition) is 0. The van der Waals surface area contributed by atoms with Gasteiger partial charge in [-0.05, 0) is 73.9 Å². The largest absolute Gasteiger partial charge is 0.344 e. The van der Waals surface area contributed by atoms with Crippen molar-refractivity contribution in [2.75, 3.05) is 0 Å². The maximum atomic E-state index is 10.5. The molecule has 0 bridgehead atoms. The van der Waals surface area contributed by atoms with E-state index in [1.54, 1.807) is 0 Å². The van der Waals surface area contributed by atoms with Gasteiger partial charge in [-0.25, -0.2) is 13.1 Å². The summed E-state index contributed by atoms with van der Waals surface area (Å²) in [6.45, 7) is 28.1. The first-order valence-corrected chi connectivity index (χ1v) is 12.9. The van der Waals surface area contributed by atoms with Gasteiger partial charge in [-0.3, -0.25) is 9.69 Å². The highest BCUT2D eigenvalue weighted by Gasteiger charge is 2.52. The van der Waals surface area contributed by atoms with Crippen molar-refractivity contribution in [1.29, 1.82) is 10.5 Å². The second-order valence-corrected chi connectivity index (χ2v) is 10.4. The molecule has 0 amide bonds. The summed E-state index contributed by atoms with van der Waals surface area (Å²) in [7, 11) is 0. The third kappa shape index (κ3) is 4.68. The molecule has 0 heterocycles. The van der Waals surface area contributed by atoms with Crippen LogP contribution >= 0.6 is 0 Å². The van der Waals surface area contributed by atoms with Crippen molar-refractivity contribution in [3.8, 4) is 12.1 Å². The highest BCUT2D eigenvalue weighted by molar-refractivity contribution is 5.60. The fourth-order valence-electron chi connectivity index (χ4n) is 5.89.